The zero-order valence-electron chi connectivity index (χ0n) is 24.1. The Bertz CT molecular complexity index is 1750. The fraction of sp³-hybridized carbons (Fsp3) is 0.296. The molecular weight excluding hydrogens is 607 g/mol. The molecule has 17 heteroatoms. The Morgan fingerprint density at radius 3 is 2.27 bits per heavy atom. The molecule has 1 amide bonds. The normalized spacial score (nSPS) is 13.2. The molecule has 3 aromatic heterocycles. The number of sulfonamides is 1. The van der Waals surface area contributed by atoms with Gasteiger partial charge in [0, 0.05) is 60.8 Å². The number of benzene rings is 1. The zero-order chi connectivity index (χ0) is 32.3. The van der Waals surface area contributed by atoms with Gasteiger partial charge in [0.25, 0.3) is 5.91 Å². The Balaban J connectivity index is 1.89. The van der Waals surface area contributed by atoms with Crippen LogP contribution in [0.3, 0.4) is 0 Å². The molecule has 0 aliphatic carbocycles. The molecule has 4 rings (SSSR count). The lowest BCUT2D eigenvalue weighted by molar-refractivity contribution is -0.141. The summed E-state index contributed by atoms with van der Waals surface area (Å²) < 4.78 is 85.1. The summed E-state index contributed by atoms with van der Waals surface area (Å²) in [6, 6.07) is 8.40. The van der Waals surface area contributed by atoms with Gasteiger partial charge < -0.3 is 19.5 Å². The van der Waals surface area contributed by atoms with E-state index in [9.17, 15) is 26.4 Å². The number of ether oxygens (including phenoxy) is 3. The Kier molecular flexibility index (Phi) is 9.10. The van der Waals surface area contributed by atoms with Crippen LogP contribution in [-0.2, 0) is 25.7 Å². The van der Waals surface area contributed by atoms with Crippen LogP contribution in [0.2, 0.25) is 0 Å². The number of aromatic nitrogens is 5. The van der Waals surface area contributed by atoms with Crippen LogP contribution in [0.15, 0.2) is 55.0 Å². The molecule has 0 fully saturated rings. The van der Waals surface area contributed by atoms with Crippen molar-refractivity contribution in [3.05, 3.63) is 77.5 Å². The smallest absolute Gasteiger partial charge is 0.435 e. The van der Waals surface area contributed by atoms with Crippen LogP contribution in [0.5, 0.6) is 11.5 Å². The maximum Gasteiger partial charge on any atom is 0.435 e. The molecule has 4 aromatic rings. The van der Waals surface area contributed by atoms with Crippen LogP contribution in [0.1, 0.15) is 34.2 Å². The van der Waals surface area contributed by atoms with E-state index in [1.165, 1.54) is 59.7 Å². The van der Waals surface area contributed by atoms with E-state index in [0.29, 0.717) is 17.2 Å². The van der Waals surface area contributed by atoms with Crippen molar-refractivity contribution < 1.29 is 40.6 Å². The second-order valence-electron chi connectivity index (χ2n) is 9.58. The number of hydrogen-bond donors (Lipinski definition) is 2. The van der Waals surface area contributed by atoms with Gasteiger partial charge >= 0.3 is 6.18 Å². The highest BCUT2D eigenvalue weighted by Crippen LogP contribution is 2.36. The standard InChI is InChI=1S/C27H28F3N7O6S/c1-16-9-22(27(28,29)30)35-37(16)23-21(14-32-25(34-23)33-18-10-19(42-4)12-20(11-18)43-5)26(2,15-41-3)44(39,40)36-24(38)17-7-6-8-31-13-17/h6-14H,15H2,1-5H3,(H,36,38)(H,32,33,34). The van der Waals surface area contributed by atoms with Crippen LogP contribution < -0.4 is 19.5 Å². The maximum absolute atomic E-state index is 13.8. The number of carbonyl (C=O) groups is 1. The minimum absolute atomic E-state index is 0.0113. The van der Waals surface area contributed by atoms with Crippen molar-refractivity contribution in [3.63, 3.8) is 0 Å². The van der Waals surface area contributed by atoms with E-state index in [1.807, 2.05) is 4.72 Å². The first-order valence-electron chi connectivity index (χ1n) is 12.7. The van der Waals surface area contributed by atoms with Gasteiger partial charge in [0.15, 0.2) is 11.5 Å². The number of pyridine rings is 1. The summed E-state index contributed by atoms with van der Waals surface area (Å²) in [7, 11) is -0.563. The maximum atomic E-state index is 13.8. The van der Waals surface area contributed by atoms with Gasteiger partial charge in [0.1, 0.15) is 16.2 Å². The average molecular weight is 636 g/mol. The second kappa shape index (κ2) is 12.5. The number of anilines is 2. The summed E-state index contributed by atoms with van der Waals surface area (Å²) in [5.74, 6) is -0.583. The van der Waals surface area contributed by atoms with Crippen molar-refractivity contribution in [2.45, 2.75) is 24.8 Å². The fourth-order valence-corrected chi connectivity index (χ4v) is 5.46. The second-order valence-corrected chi connectivity index (χ2v) is 11.7. The van der Waals surface area contributed by atoms with Gasteiger partial charge in [0.2, 0.25) is 16.0 Å². The lowest BCUT2D eigenvalue weighted by Gasteiger charge is -2.30. The predicted octanol–water partition coefficient (Wildman–Crippen LogP) is 3.77. The van der Waals surface area contributed by atoms with Crippen LogP contribution in [0, 0.1) is 6.92 Å². The van der Waals surface area contributed by atoms with E-state index >= 15 is 0 Å². The van der Waals surface area contributed by atoms with Crippen molar-refractivity contribution >= 4 is 27.6 Å². The number of nitrogens with one attached hydrogen (secondary N) is 2. The number of halogens is 3. The lowest BCUT2D eigenvalue weighted by atomic mass is 10.0. The molecule has 2 N–H and O–H groups in total. The first-order valence-corrected chi connectivity index (χ1v) is 14.2. The molecule has 0 radical (unpaired) electrons. The highest BCUT2D eigenvalue weighted by Gasteiger charge is 2.46. The summed E-state index contributed by atoms with van der Waals surface area (Å²) in [6.07, 6.45) is -1.11. The van der Waals surface area contributed by atoms with Crippen LogP contribution in [0.25, 0.3) is 5.82 Å². The lowest BCUT2D eigenvalue weighted by Crippen LogP contribution is -2.48. The van der Waals surface area contributed by atoms with Crippen LogP contribution in [0.4, 0.5) is 24.8 Å². The third-order valence-electron chi connectivity index (χ3n) is 6.49. The van der Waals surface area contributed by atoms with Gasteiger partial charge in [-0.3, -0.25) is 9.78 Å². The van der Waals surface area contributed by atoms with E-state index in [2.05, 4.69) is 25.4 Å². The van der Waals surface area contributed by atoms with Crippen LogP contribution >= 0.6 is 0 Å². The Morgan fingerprint density at radius 2 is 1.73 bits per heavy atom. The van der Waals surface area contributed by atoms with Gasteiger partial charge in [-0.25, -0.2) is 22.8 Å². The first kappa shape index (κ1) is 32.2. The third kappa shape index (κ3) is 6.57. The van der Waals surface area contributed by atoms with Gasteiger partial charge in [-0.15, -0.1) is 0 Å². The molecular formula is C27H28F3N7O6S. The Morgan fingerprint density at radius 1 is 1.05 bits per heavy atom. The number of carbonyl (C=O) groups excluding carboxylic acids is 1. The largest absolute Gasteiger partial charge is 0.497 e. The SMILES string of the molecule is COCC(C)(c1cnc(Nc2cc(OC)cc(OC)c2)nc1-n1nc(C(F)(F)F)cc1C)S(=O)(=O)NC(=O)c1cccnc1. The first-order chi connectivity index (χ1) is 20.7. The molecule has 0 aliphatic rings. The molecule has 0 saturated heterocycles. The van der Waals surface area contributed by atoms with Crippen molar-refractivity contribution in [1.82, 2.24) is 29.5 Å². The summed E-state index contributed by atoms with van der Waals surface area (Å²) in [4.78, 5) is 25.3. The average Bonchev–Trinajstić information content (AvgIpc) is 3.39. The Labute approximate surface area is 250 Å². The molecule has 0 bridgehead atoms. The summed E-state index contributed by atoms with van der Waals surface area (Å²) >= 11 is 0. The van der Waals surface area contributed by atoms with Crippen molar-refractivity contribution in [2.75, 3.05) is 33.3 Å². The van der Waals surface area contributed by atoms with E-state index in [1.54, 1.807) is 18.2 Å². The molecule has 0 aliphatic heterocycles. The molecule has 1 aromatic carbocycles. The summed E-state index contributed by atoms with van der Waals surface area (Å²) in [5, 5.41) is 6.60. The predicted molar refractivity (Wildman–Crippen MR) is 152 cm³/mol. The number of aryl methyl sites for hydroxylation is 1. The quantitative estimate of drug-likeness (QED) is 0.247. The molecule has 44 heavy (non-hydrogen) atoms. The summed E-state index contributed by atoms with van der Waals surface area (Å²) in [5.41, 5.74) is -1.10. The Hall–Kier alpha value is -4.77. The zero-order valence-corrected chi connectivity index (χ0v) is 24.9. The number of hydrogen-bond acceptors (Lipinski definition) is 11. The van der Waals surface area contributed by atoms with Gasteiger partial charge in [-0.1, -0.05) is 0 Å². The van der Waals surface area contributed by atoms with E-state index in [4.69, 9.17) is 14.2 Å². The molecule has 0 saturated carbocycles. The molecule has 13 nitrogen and oxygen atoms in total. The van der Waals surface area contributed by atoms with Crippen molar-refractivity contribution in [1.29, 1.82) is 0 Å². The van der Waals surface area contributed by atoms with E-state index in [-0.39, 0.29) is 28.6 Å². The molecule has 234 valence electrons. The van der Waals surface area contributed by atoms with Crippen LogP contribution in [-0.4, -0.2) is 67.0 Å². The molecule has 0 spiro atoms. The molecule has 1 unspecified atom stereocenters. The minimum Gasteiger partial charge on any atom is -0.497 e. The van der Waals surface area contributed by atoms with Crippen molar-refractivity contribution in [3.8, 4) is 17.3 Å². The van der Waals surface area contributed by atoms with Crippen molar-refractivity contribution in [2.24, 2.45) is 0 Å². The minimum atomic E-state index is -4.80. The number of nitrogens with zero attached hydrogens (tertiary/aromatic N) is 5. The van der Waals surface area contributed by atoms with Gasteiger partial charge in [-0.2, -0.15) is 23.3 Å². The highest BCUT2D eigenvalue weighted by molar-refractivity contribution is 7.91. The number of methoxy groups -OCH3 is 3. The monoisotopic (exact) mass is 635 g/mol. The number of amides is 1. The number of rotatable bonds is 11. The highest BCUT2D eigenvalue weighted by atomic mass is 32.2. The molecule has 1 atom stereocenters. The number of alkyl halides is 3. The third-order valence-corrected chi connectivity index (χ3v) is 8.47. The van der Waals surface area contributed by atoms with Gasteiger partial charge in [0.05, 0.1) is 26.4 Å². The molecule has 3 heterocycles. The van der Waals surface area contributed by atoms with E-state index in [0.717, 1.165) is 16.9 Å². The summed E-state index contributed by atoms with van der Waals surface area (Å²) in [6.45, 7) is 2.02. The van der Waals surface area contributed by atoms with Gasteiger partial charge in [-0.05, 0) is 32.0 Å². The fourth-order valence-electron chi connectivity index (χ4n) is 4.17. The topological polar surface area (TPSA) is 159 Å². The van der Waals surface area contributed by atoms with E-state index < -0.39 is 39.2 Å².